The van der Waals surface area contributed by atoms with Crippen molar-refractivity contribution in [1.29, 1.82) is 0 Å². The summed E-state index contributed by atoms with van der Waals surface area (Å²) in [6, 6.07) is 11.1. The lowest BCUT2D eigenvalue weighted by Gasteiger charge is -2.35. The fourth-order valence-corrected chi connectivity index (χ4v) is 4.20. The molecule has 1 unspecified atom stereocenters. The number of piperidine rings is 1. The highest BCUT2D eigenvalue weighted by atomic mass is 127. The van der Waals surface area contributed by atoms with Gasteiger partial charge >= 0.3 is 0 Å². The average Bonchev–Trinajstić information content (AvgIpc) is 3.08. The number of para-hydroxylation sites is 1. The highest BCUT2D eigenvalue weighted by molar-refractivity contribution is 14.0. The predicted molar refractivity (Wildman–Crippen MR) is 141 cm³/mol. The second kappa shape index (κ2) is 12.4. The van der Waals surface area contributed by atoms with Crippen molar-refractivity contribution in [2.45, 2.75) is 60.0 Å². The van der Waals surface area contributed by atoms with Gasteiger partial charge in [-0.3, -0.25) is 0 Å². The molecular weight excluding hydrogens is 499 g/mol. The van der Waals surface area contributed by atoms with Crippen LogP contribution < -0.4 is 10.6 Å². The highest BCUT2D eigenvalue weighted by Gasteiger charge is 2.21. The second-order valence-electron chi connectivity index (χ2n) is 8.64. The summed E-state index contributed by atoms with van der Waals surface area (Å²) in [5, 5.41) is 11.6. The van der Waals surface area contributed by atoms with Crippen molar-refractivity contribution in [2.24, 2.45) is 10.9 Å². The van der Waals surface area contributed by atoms with Crippen LogP contribution in [0.2, 0.25) is 0 Å². The summed E-state index contributed by atoms with van der Waals surface area (Å²) < 4.78 is 2.02. The van der Waals surface area contributed by atoms with Gasteiger partial charge in [0.25, 0.3) is 0 Å². The van der Waals surface area contributed by atoms with E-state index < -0.39 is 0 Å². The zero-order chi connectivity index (χ0) is 21.5. The molecule has 1 aliphatic rings. The molecule has 2 aromatic rings. The lowest BCUT2D eigenvalue weighted by Crippen LogP contribution is -2.46. The van der Waals surface area contributed by atoms with Crippen molar-refractivity contribution in [3.63, 3.8) is 0 Å². The quantitative estimate of drug-likeness (QED) is 0.314. The molecule has 0 saturated carbocycles. The van der Waals surface area contributed by atoms with E-state index in [1.165, 1.54) is 31.5 Å². The van der Waals surface area contributed by atoms with Crippen LogP contribution in [0.1, 0.15) is 50.6 Å². The summed E-state index contributed by atoms with van der Waals surface area (Å²) in [6.07, 6.45) is 2.57. The third-order valence-electron chi connectivity index (χ3n) is 5.82. The third kappa shape index (κ3) is 7.20. The Bertz CT molecular complexity index is 844. The first-order chi connectivity index (χ1) is 14.5. The summed E-state index contributed by atoms with van der Waals surface area (Å²) in [7, 11) is 0. The van der Waals surface area contributed by atoms with Gasteiger partial charge in [-0.15, -0.1) is 24.0 Å². The first-order valence-electron chi connectivity index (χ1n) is 11.4. The molecule has 0 bridgehead atoms. The molecule has 1 aromatic carbocycles. The molecule has 7 heteroatoms. The Hall–Kier alpha value is -1.61. The number of guanidine groups is 1. The number of aryl methyl sites for hydroxylation is 2. The van der Waals surface area contributed by atoms with Crippen molar-refractivity contribution >= 4 is 29.9 Å². The van der Waals surface area contributed by atoms with Gasteiger partial charge in [0, 0.05) is 31.4 Å². The summed E-state index contributed by atoms with van der Waals surface area (Å²) >= 11 is 0. The molecule has 6 nitrogen and oxygen atoms in total. The molecule has 0 aliphatic carbocycles. The maximum atomic E-state index is 4.88. The van der Waals surface area contributed by atoms with Gasteiger partial charge in [-0.2, -0.15) is 5.10 Å². The zero-order valence-corrected chi connectivity index (χ0v) is 22.0. The summed E-state index contributed by atoms with van der Waals surface area (Å²) in [6.45, 7) is 15.7. The zero-order valence-electron chi connectivity index (χ0n) is 19.7. The predicted octanol–water partition coefficient (Wildman–Crippen LogP) is 4.28. The Labute approximate surface area is 204 Å². The lowest BCUT2D eigenvalue weighted by atomic mass is 9.97. The van der Waals surface area contributed by atoms with Crippen molar-refractivity contribution < 1.29 is 0 Å². The monoisotopic (exact) mass is 538 g/mol. The number of aromatic nitrogens is 2. The van der Waals surface area contributed by atoms with Crippen molar-refractivity contribution in [1.82, 2.24) is 25.3 Å². The summed E-state index contributed by atoms with van der Waals surface area (Å²) in [4.78, 5) is 7.47. The second-order valence-corrected chi connectivity index (χ2v) is 8.64. The van der Waals surface area contributed by atoms with Gasteiger partial charge in [-0.25, -0.2) is 9.67 Å². The van der Waals surface area contributed by atoms with Gasteiger partial charge in [-0.05, 0) is 77.6 Å². The Morgan fingerprint density at radius 2 is 2.00 bits per heavy atom. The fourth-order valence-electron chi connectivity index (χ4n) is 4.20. The smallest absolute Gasteiger partial charge is 0.191 e. The molecule has 2 heterocycles. The summed E-state index contributed by atoms with van der Waals surface area (Å²) in [5.41, 5.74) is 4.44. The molecule has 2 N–H and O–H groups in total. The molecule has 31 heavy (non-hydrogen) atoms. The SMILES string of the molecule is CCNC(=NCc1ccccc1-n1nc(C)cc1C)NCC1CCCN(C(C)C)C1.I. The molecule has 1 atom stereocenters. The highest BCUT2D eigenvalue weighted by Crippen LogP contribution is 2.19. The number of aliphatic imine (C=N–C) groups is 1. The number of hydrogen-bond donors (Lipinski definition) is 2. The normalized spacial score (nSPS) is 17.5. The standard InChI is InChI=1S/C24H38N6.HI/c1-6-25-24(26-15-21-10-9-13-29(17-21)18(2)3)27-16-22-11-7-8-12-23(22)30-20(5)14-19(4)28-30;/h7-8,11-12,14,18,21H,6,9-10,13,15-17H2,1-5H3,(H2,25,26,27);1H. The van der Waals surface area contributed by atoms with Crippen LogP contribution in [-0.4, -0.2) is 52.9 Å². The van der Waals surface area contributed by atoms with Crippen LogP contribution in [0.4, 0.5) is 0 Å². The van der Waals surface area contributed by atoms with E-state index in [0.29, 0.717) is 18.5 Å². The Morgan fingerprint density at radius 3 is 2.68 bits per heavy atom. The average molecular weight is 539 g/mol. The molecule has 1 aliphatic heterocycles. The molecule has 1 saturated heterocycles. The van der Waals surface area contributed by atoms with Crippen molar-refractivity contribution in [3.05, 3.63) is 47.3 Å². The van der Waals surface area contributed by atoms with Gasteiger partial charge in [0.1, 0.15) is 0 Å². The molecule has 172 valence electrons. The Kier molecular flexibility index (Phi) is 10.3. The van der Waals surface area contributed by atoms with E-state index >= 15 is 0 Å². The molecule has 1 aromatic heterocycles. The van der Waals surface area contributed by atoms with E-state index in [1.54, 1.807) is 0 Å². The van der Waals surface area contributed by atoms with E-state index in [0.717, 1.165) is 36.1 Å². The van der Waals surface area contributed by atoms with E-state index in [1.807, 2.05) is 11.6 Å². The van der Waals surface area contributed by atoms with Crippen LogP contribution in [0.5, 0.6) is 0 Å². The first kappa shape index (κ1) is 25.6. The molecule has 1 fully saturated rings. The van der Waals surface area contributed by atoms with Crippen LogP contribution in [0.3, 0.4) is 0 Å². The van der Waals surface area contributed by atoms with Crippen LogP contribution >= 0.6 is 24.0 Å². The molecular formula is C24H39IN6. The molecule has 3 rings (SSSR count). The van der Waals surface area contributed by atoms with Gasteiger partial charge in [0.05, 0.1) is 17.9 Å². The number of nitrogens with one attached hydrogen (secondary N) is 2. The topological polar surface area (TPSA) is 57.5 Å². The Balaban J connectivity index is 0.00000341. The third-order valence-corrected chi connectivity index (χ3v) is 5.82. The summed E-state index contributed by atoms with van der Waals surface area (Å²) in [5.74, 6) is 1.56. The van der Waals surface area contributed by atoms with Crippen LogP contribution in [0.15, 0.2) is 35.3 Å². The van der Waals surface area contributed by atoms with Crippen molar-refractivity contribution in [3.8, 4) is 5.69 Å². The van der Waals surface area contributed by atoms with E-state index in [-0.39, 0.29) is 24.0 Å². The number of benzene rings is 1. The minimum Gasteiger partial charge on any atom is -0.357 e. The minimum absolute atomic E-state index is 0. The van der Waals surface area contributed by atoms with Crippen LogP contribution in [0, 0.1) is 19.8 Å². The van der Waals surface area contributed by atoms with Gasteiger partial charge in [-0.1, -0.05) is 18.2 Å². The number of hydrogen-bond acceptors (Lipinski definition) is 3. The number of rotatable bonds is 7. The molecule has 0 spiro atoms. The molecule has 0 radical (unpaired) electrons. The number of likely N-dealkylation sites (tertiary alicyclic amines) is 1. The largest absolute Gasteiger partial charge is 0.357 e. The Morgan fingerprint density at radius 1 is 1.23 bits per heavy atom. The first-order valence-corrected chi connectivity index (χ1v) is 11.4. The van der Waals surface area contributed by atoms with Gasteiger partial charge in [0.15, 0.2) is 5.96 Å². The number of halogens is 1. The minimum atomic E-state index is 0. The maximum absolute atomic E-state index is 4.88. The van der Waals surface area contributed by atoms with Gasteiger partial charge in [0.2, 0.25) is 0 Å². The molecule has 0 amide bonds. The van der Waals surface area contributed by atoms with Gasteiger partial charge < -0.3 is 15.5 Å². The fraction of sp³-hybridized carbons (Fsp3) is 0.583. The van der Waals surface area contributed by atoms with Crippen LogP contribution in [0.25, 0.3) is 5.69 Å². The van der Waals surface area contributed by atoms with E-state index in [9.17, 15) is 0 Å². The van der Waals surface area contributed by atoms with Crippen molar-refractivity contribution in [2.75, 3.05) is 26.2 Å². The van der Waals surface area contributed by atoms with Crippen LogP contribution in [-0.2, 0) is 6.54 Å². The lowest BCUT2D eigenvalue weighted by molar-refractivity contribution is 0.141. The number of nitrogens with zero attached hydrogens (tertiary/aromatic N) is 4. The van der Waals surface area contributed by atoms with E-state index in [4.69, 9.17) is 4.99 Å². The maximum Gasteiger partial charge on any atom is 0.191 e. The van der Waals surface area contributed by atoms with E-state index in [2.05, 4.69) is 78.7 Å².